The number of aliphatic hydroxyl groups excluding tert-OH is 1. The zero-order valence-electron chi connectivity index (χ0n) is 11.4. The lowest BCUT2D eigenvalue weighted by molar-refractivity contribution is 0.0939. The van der Waals surface area contributed by atoms with Gasteiger partial charge in [0.05, 0.1) is 16.8 Å². The molecule has 0 saturated carbocycles. The van der Waals surface area contributed by atoms with Crippen LogP contribution in [0.3, 0.4) is 0 Å². The fourth-order valence-corrected chi connectivity index (χ4v) is 2.87. The predicted octanol–water partition coefficient (Wildman–Crippen LogP) is 2.56. The smallest absolute Gasteiger partial charge is 0.193 e. The molecule has 0 saturated heterocycles. The molecule has 2 rings (SSSR count). The number of anilines is 1. The van der Waals surface area contributed by atoms with E-state index in [1.54, 1.807) is 0 Å². The summed E-state index contributed by atoms with van der Waals surface area (Å²) >= 11 is 1.43. The number of nitrogens with zero attached hydrogens (tertiary/aromatic N) is 2. The van der Waals surface area contributed by atoms with Crippen LogP contribution in [-0.4, -0.2) is 36.1 Å². The van der Waals surface area contributed by atoms with Crippen LogP contribution in [0.5, 0.6) is 0 Å². The first-order valence-electron chi connectivity index (χ1n) is 6.29. The van der Waals surface area contributed by atoms with Crippen molar-refractivity contribution in [2.24, 2.45) is 5.92 Å². The Bertz CT molecular complexity index is 592. The number of fused-ring (bicyclic) bond motifs is 1. The summed E-state index contributed by atoms with van der Waals surface area (Å²) < 4.78 is 1.01. The van der Waals surface area contributed by atoms with Gasteiger partial charge in [-0.05, 0) is 18.2 Å². The summed E-state index contributed by atoms with van der Waals surface area (Å²) in [6, 6.07) is 5.90. The average molecular weight is 278 g/mol. The van der Waals surface area contributed by atoms with Gasteiger partial charge in [-0.3, -0.25) is 4.79 Å². The van der Waals surface area contributed by atoms with Gasteiger partial charge >= 0.3 is 0 Å². The molecule has 0 radical (unpaired) electrons. The van der Waals surface area contributed by atoms with Gasteiger partial charge in [0.25, 0.3) is 0 Å². The molecule has 5 heteroatoms. The second-order valence-electron chi connectivity index (χ2n) is 4.84. The van der Waals surface area contributed by atoms with Crippen LogP contribution in [0, 0.1) is 5.92 Å². The Morgan fingerprint density at radius 1 is 1.47 bits per heavy atom. The molecule has 1 aromatic heterocycles. The standard InChI is InChI=1S/C14H18N2O2S/c1-9(2)13(18)14-15-11-5-4-10(8-12(11)19-14)16(3)6-7-17/h4-5,8-9,17H,6-7H2,1-3H3. The van der Waals surface area contributed by atoms with Gasteiger partial charge in [0, 0.05) is 25.2 Å². The average Bonchev–Trinajstić information content (AvgIpc) is 2.80. The maximum atomic E-state index is 11.9. The molecule has 0 aliphatic rings. The van der Waals surface area contributed by atoms with Gasteiger partial charge in [-0.1, -0.05) is 13.8 Å². The van der Waals surface area contributed by atoms with E-state index in [0.717, 1.165) is 15.9 Å². The maximum Gasteiger partial charge on any atom is 0.193 e. The highest BCUT2D eigenvalue weighted by Crippen LogP contribution is 2.27. The Balaban J connectivity index is 2.36. The van der Waals surface area contributed by atoms with Gasteiger partial charge in [0.2, 0.25) is 0 Å². The Kier molecular flexibility index (Phi) is 4.17. The lowest BCUT2D eigenvalue weighted by atomic mass is 10.1. The monoisotopic (exact) mass is 278 g/mol. The van der Waals surface area contributed by atoms with Crippen molar-refractivity contribution in [3.8, 4) is 0 Å². The number of thiazole rings is 1. The molecule has 0 amide bonds. The summed E-state index contributed by atoms with van der Waals surface area (Å²) in [6.45, 7) is 4.47. The Morgan fingerprint density at radius 2 is 2.21 bits per heavy atom. The van der Waals surface area contributed by atoms with Crippen LogP contribution >= 0.6 is 11.3 Å². The zero-order chi connectivity index (χ0) is 14.0. The zero-order valence-corrected chi connectivity index (χ0v) is 12.2. The minimum absolute atomic E-state index is 0.0305. The van der Waals surface area contributed by atoms with Crippen molar-refractivity contribution in [3.63, 3.8) is 0 Å². The summed E-state index contributed by atoms with van der Waals surface area (Å²) in [5.41, 5.74) is 1.88. The van der Waals surface area contributed by atoms with Crippen LogP contribution in [-0.2, 0) is 0 Å². The molecule has 2 aromatic rings. The van der Waals surface area contributed by atoms with Gasteiger partial charge in [0.1, 0.15) is 0 Å². The van der Waals surface area contributed by atoms with Crippen molar-refractivity contribution in [1.82, 2.24) is 4.98 Å². The van der Waals surface area contributed by atoms with Gasteiger partial charge < -0.3 is 10.0 Å². The number of aliphatic hydroxyl groups is 1. The summed E-state index contributed by atoms with van der Waals surface area (Å²) in [5.74, 6) is 0.0588. The molecule has 0 bridgehead atoms. The minimum atomic E-state index is -0.0305. The van der Waals surface area contributed by atoms with E-state index in [0.29, 0.717) is 11.6 Å². The Hall–Kier alpha value is -1.46. The van der Waals surface area contributed by atoms with E-state index in [4.69, 9.17) is 5.11 Å². The molecular weight excluding hydrogens is 260 g/mol. The van der Waals surface area contributed by atoms with Crippen LogP contribution in [0.1, 0.15) is 23.6 Å². The van der Waals surface area contributed by atoms with Gasteiger partial charge in [-0.2, -0.15) is 0 Å². The highest BCUT2D eigenvalue weighted by atomic mass is 32.1. The number of ketones is 1. The molecule has 1 heterocycles. The van der Waals surface area contributed by atoms with Gasteiger partial charge in [-0.15, -0.1) is 11.3 Å². The second kappa shape index (κ2) is 5.67. The molecule has 0 aliphatic heterocycles. The van der Waals surface area contributed by atoms with Crippen LogP contribution in [0.25, 0.3) is 10.2 Å². The van der Waals surface area contributed by atoms with E-state index >= 15 is 0 Å². The Labute approximate surface area is 116 Å². The Morgan fingerprint density at radius 3 is 2.84 bits per heavy atom. The number of hydrogen-bond acceptors (Lipinski definition) is 5. The molecule has 0 atom stereocenters. The van der Waals surface area contributed by atoms with E-state index in [2.05, 4.69) is 4.98 Å². The number of likely N-dealkylation sites (N-methyl/N-ethyl adjacent to an activating group) is 1. The van der Waals surface area contributed by atoms with Crippen LogP contribution in [0.15, 0.2) is 18.2 Å². The number of hydrogen-bond donors (Lipinski definition) is 1. The number of benzene rings is 1. The summed E-state index contributed by atoms with van der Waals surface area (Å²) in [4.78, 5) is 18.3. The highest BCUT2D eigenvalue weighted by molar-refractivity contribution is 7.20. The lowest BCUT2D eigenvalue weighted by Gasteiger charge is -2.17. The second-order valence-corrected chi connectivity index (χ2v) is 5.87. The number of Topliss-reactive ketones (excluding diaryl/α,β-unsaturated/α-hetero) is 1. The highest BCUT2D eigenvalue weighted by Gasteiger charge is 2.16. The van der Waals surface area contributed by atoms with Crippen molar-refractivity contribution in [3.05, 3.63) is 23.2 Å². The SMILES string of the molecule is CC(C)C(=O)c1nc2ccc(N(C)CCO)cc2s1. The molecule has 0 fully saturated rings. The molecule has 0 aliphatic carbocycles. The van der Waals surface area contributed by atoms with E-state index < -0.39 is 0 Å². The summed E-state index contributed by atoms with van der Waals surface area (Å²) in [6.07, 6.45) is 0. The van der Waals surface area contributed by atoms with Crippen molar-refractivity contribution in [2.75, 3.05) is 25.1 Å². The number of aromatic nitrogens is 1. The first-order valence-corrected chi connectivity index (χ1v) is 7.11. The molecule has 4 nitrogen and oxygen atoms in total. The minimum Gasteiger partial charge on any atom is -0.395 e. The third kappa shape index (κ3) is 2.93. The molecule has 0 spiro atoms. The molecule has 1 aromatic carbocycles. The number of carbonyl (C=O) groups excluding carboxylic acids is 1. The van der Waals surface area contributed by atoms with E-state index in [1.807, 2.05) is 44.0 Å². The maximum absolute atomic E-state index is 11.9. The van der Waals surface area contributed by atoms with Crippen LogP contribution in [0.2, 0.25) is 0 Å². The molecule has 1 N–H and O–H groups in total. The quantitative estimate of drug-likeness (QED) is 0.854. The van der Waals surface area contributed by atoms with E-state index in [9.17, 15) is 4.79 Å². The molecular formula is C14H18N2O2S. The summed E-state index contributed by atoms with van der Waals surface area (Å²) in [5, 5.41) is 9.53. The lowest BCUT2D eigenvalue weighted by Crippen LogP contribution is -2.20. The largest absolute Gasteiger partial charge is 0.395 e. The number of rotatable bonds is 5. The predicted molar refractivity (Wildman–Crippen MR) is 79.1 cm³/mol. The van der Waals surface area contributed by atoms with Crippen LogP contribution in [0.4, 0.5) is 5.69 Å². The molecule has 0 unspecified atom stereocenters. The van der Waals surface area contributed by atoms with Crippen molar-refractivity contribution < 1.29 is 9.90 Å². The fourth-order valence-electron chi connectivity index (χ4n) is 1.78. The third-order valence-electron chi connectivity index (χ3n) is 2.98. The van der Waals surface area contributed by atoms with E-state index in [1.165, 1.54) is 11.3 Å². The normalized spacial score (nSPS) is 11.2. The van der Waals surface area contributed by atoms with Crippen molar-refractivity contribution in [2.45, 2.75) is 13.8 Å². The molecule has 19 heavy (non-hydrogen) atoms. The van der Waals surface area contributed by atoms with E-state index in [-0.39, 0.29) is 18.3 Å². The van der Waals surface area contributed by atoms with Gasteiger partial charge in [0.15, 0.2) is 10.8 Å². The molecule has 102 valence electrons. The third-order valence-corrected chi connectivity index (χ3v) is 4.02. The first kappa shape index (κ1) is 14.0. The van der Waals surface area contributed by atoms with Crippen LogP contribution < -0.4 is 4.90 Å². The van der Waals surface area contributed by atoms with Gasteiger partial charge in [-0.25, -0.2) is 4.98 Å². The first-order chi connectivity index (χ1) is 9.02. The number of carbonyl (C=O) groups is 1. The fraction of sp³-hybridized carbons (Fsp3) is 0.429. The van der Waals surface area contributed by atoms with Crippen molar-refractivity contribution >= 4 is 33.0 Å². The summed E-state index contributed by atoms with van der Waals surface area (Å²) in [7, 11) is 1.93. The topological polar surface area (TPSA) is 53.4 Å². The van der Waals surface area contributed by atoms with Crippen molar-refractivity contribution in [1.29, 1.82) is 0 Å².